The molecule has 4 rings (SSSR count). The summed E-state index contributed by atoms with van der Waals surface area (Å²) < 4.78 is 5.80. The van der Waals surface area contributed by atoms with Gasteiger partial charge in [0.1, 0.15) is 17.1 Å². The van der Waals surface area contributed by atoms with E-state index in [-0.39, 0.29) is 23.6 Å². The van der Waals surface area contributed by atoms with Crippen molar-refractivity contribution in [1.29, 1.82) is 0 Å². The van der Waals surface area contributed by atoms with Gasteiger partial charge in [-0.05, 0) is 49.6 Å². The van der Waals surface area contributed by atoms with Crippen molar-refractivity contribution in [3.05, 3.63) is 65.6 Å². The predicted octanol–water partition coefficient (Wildman–Crippen LogP) is 3.73. The van der Waals surface area contributed by atoms with Crippen molar-refractivity contribution in [1.82, 2.24) is 0 Å². The number of phenolic OH excluding ortho intramolecular Hbond substituents is 1. The second-order valence-electron chi connectivity index (χ2n) is 7.57. The molecule has 1 atom stereocenters. The van der Waals surface area contributed by atoms with Gasteiger partial charge in [0.2, 0.25) is 0 Å². The number of carbonyl (C=O) groups is 1. The summed E-state index contributed by atoms with van der Waals surface area (Å²) in [6, 6.07) is 14.7. The number of phenols is 1. The van der Waals surface area contributed by atoms with Crippen LogP contribution in [0.15, 0.2) is 60.0 Å². The third-order valence-corrected chi connectivity index (χ3v) is 5.34. The number of aliphatic hydroxyl groups is 1. The van der Waals surface area contributed by atoms with Crippen LogP contribution < -0.4 is 10.2 Å². The van der Waals surface area contributed by atoms with Crippen LogP contribution in [-0.2, 0) is 16.0 Å². The maximum absolute atomic E-state index is 12.9. The van der Waals surface area contributed by atoms with Gasteiger partial charge in [0.25, 0.3) is 0 Å². The standard InChI is InChI=1S/C22H24N2O4/c1-22(11-10-15-6-8-16(25)9-7-15)14-19(26)20(21(27)28-22)24-13-12-23-17-4-2-3-5-18(17)24/h2-9,23,25-26H,10-14H2,1H3. The number of aliphatic hydroxyl groups excluding tert-OH is 1. The van der Waals surface area contributed by atoms with Crippen LogP contribution in [0.3, 0.4) is 0 Å². The van der Waals surface area contributed by atoms with E-state index in [4.69, 9.17) is 4.74 Å². The summed E-state index contributed by atoms with van der Waals surface area (Å²) in [6.07, 6.45) is 1.54. The van der Waals surface area contributed by atoms with Crippen molar-refractivity contribution in [3.63, 3.8) is 0 Å². The van der Waals surface area contributed by atoms with E-state index in [0.29, 0.717) is 25.9 Å². The van der Waals surface area contributed by atoms with Crippen LogP contribution in [0.5, 0.6) is 5.75 Å². The molecule has 6 heteroatoms. The lowest BCUT2D eigenvalue weighted by atomic mass is 9.90. The van der Waals surface area contributed by atoms with Crippen molar-refractivity contribution in [2.75, 3.05) is 23.3 Å². The van der Waals surface area contributed by atoms with E-state index in [9.17, 15) is 15.0 Å². The fraction of sp³-hybridized carbons (Fsp3) is 0.318. The number of anilines is 2. The molecule has 1 unspecified atom stereocenters. The number of benzene rings is 2. The number of carbonyl (C=O) groups excluding carboxylic acids is 1. The number of nitrogens with one attached hydrogen (secondary N) is 1. The molecule has 0 bridgehead atoms. The number of aryl methyl sites for hydroxylation is 1. The van der Waals surface area contributed by atoms with E-state index in [1.807, 2.05) is 48.2 Å². The Morgan fingerprint density at radius 1 is 1.14 bits per heavy atom. The number of fused-ring (bicyclic) bond motifs is 1. The third kappa shape index (κ3) is 3.50. The Morgan fingerprint density at radius 3 is 2.64 bits per heavy atom. The normalized spacial score (nSPS) is 21.8. The van der Waals surface area contributed by atoms with Crippen LogP contribution in [0, 0.1) is 0 Å². The van der Waals surface area contributed by atoms with Gasteiger partial charge in [-0.15, -0.1) is 0 Å². The minimum absolute atomic E-state index is 0.0705. The number of ether oxygens (including phenoxy) is 1. The fourth-order valence-electron chi connectivity index (χ4n) is 3.85. The number of para-hydroxylation sites is 2. The number of cyclic esters (lactones) is 1. The highest BCUT2D eigenvalue weighted by molar-refractivity contribution is 5.96. The van der Waals surface area contributed by atoms with E-state index >= 15 is 0 Å². The van der Waals surface area contributed by atoms with E-state index in [2.05, 4.69) is 5.32 Å². The van der Waals surface area contributed by atoms with Crippen LogP contribution in [0.4, 0.5) is 11.4 Å². The van der Waals surface area contributed by atoms with Crippen LogP contribution in [0.1, 0.15) is 25.3 Å². The van der Waals surface area contributed by atoms with E-state index in [0.717, 1.165) is 16.9 Å². The number of esters is 1. The molecule has 0 aliphatic carbocycles. The number of nitrogens with zero attached hydrogens (tertiary/aromatic N) is 1. The van der Waals surface area contributed by atoms with Gasteiger partial charge in [0, 0.05) is 19.5 Å². The monoisotopic (exact) mass is 380 g/mol. The molecule has 2 aliphatic heterocycles. The summed E-state index contributed by atoms with van der Waals surface area (Å²) in [6.45, 7) is 3.11. The van der Waals surface area contributed by atoms with Gasteiger partial charge in [0.05, 0.1) is 11.4 Å². The molecular weight excluding hydrogens is 356 g/mol. The maximum atomic E-state index is 12.9. The summed E-state index contributed by atoms with van der Waals surface area (Å²) in [7, 11) is 0. The van der Waals surface area contributed by atoms with Crippen molar-refractivity contribution < 1.29 is 19.7 Å². The smallest absolute Gasteiger partial charge is 0.359 e. The predicted molar refractivity (Wildman–Crippen MR) is 107 cm³/mol. The molecule has 0 saturated carbocycles. The minimum atomic E-state index is -0.768. The Labute approximate surface area is 164 Å². The topological polar surface area (TPSA) is 82.0 Å². The summed E-state index contributed by atoms with van der Waals surface area (Å²) in [5.41, 5.74) is 2.30. The average molecular weight is 380 g/mol. The highest BCUT2D eigenvalue weighted by Gasteiger charge is 2.41. The molecule has 6 nitrogen and oxygen atoms in total. The lowest BCUT2D eigenvalue weighted by Gasteiger charge is -2.39. The molecule has 2 aromatic rings. The Morgan fingerprint density at radius 2 is 1.89 bits per heavy atom. The first-order valence-electron chi connectivity index (χ1n) is 9.49. The van der Waals surface area contributed by atoms with E-state index in [1.165, 1.54) is 0 Å². The Kier molecular flexibility index (Phi) is 4.63. The third-order valence-electron chi connectivity index (χ3n) is 5.34. The summed E-state index contributed by atoms with van der Waals surface area (Å²) in [4.78, 5) is 14.7. The first-order chi connectivity index (χ1) is 13.5. The lowest BCUT2D eigenvalue weighted by molar-refractivity contribution is -0.157. The average Bonchev–Trinajstić information content (AvgIpc) is 2.67. The largest absolute Gasteiger partial charge is 0.510 e. The summed E-state index contributed by atoms with van der Waals surface area (Å²) in [5, 5.41) is 23.5. The van der Waals surface area contributed by atoms with Gasteiger partial charge >= 0.3 is 5.97 Å². The summed E-state index contributed by atoms with van der Waals surface area (Å²) in [5.74, 6) is -0.199. The molecule has 0 aromatic heterocycles. The number of hydrogen-bond acceptors (Lipinski definition) is 6. The lowest BCUT2D eigenvalue weighted by Crippen LogP contribution is -2.45. The van der Waals surface area contributed by atoms with Crippen LogP contribution in [0.2, 0.25) is 0 Å². The van der Waals surface area contributed by atoms with Gasteiger partial charge in [-0.2, -0.15) is 0 Å². The zero-order chi connectivity index (χ0) is 19.7. The van der Waals surface area contributed by atoms with Gasteiger partial charge in [-0.25, -0.2) is 4.79 Å². The van der Waals surface area contributed by atoms with Crippen LogP contribution in [-0.4, -0.2) is 34.9 Å². The molecule has 28 heavy (non-hydrogen) atoms. The zero-order valence-corrected chi connectivity index (χ0v) is 15.8. The van der Waals surface area contributed by atoms with Gasteiger partial charge in [-0.3, -0.25) is 0 Å². The minimum Gasteiger partial charge on any atom is -0.510 e. The number of rotatable bonds is 4. The molecule has 146 valence electrons. The molecule has 2 aromatic carbocycles. The van der Waals surface area contributed by atoms with Crippen molar-refractivity contribution >= 4 is 17.3 Å². The van der Waals surface area contributed by atoms with Crippen molar-refractivity contribution in [2.24, 2.45) is 0 Å². The summed E-state index contributed by atoms with van der Waals surface area (Å²) >= 11 is 0. The second kappa shape index (κ2) is 7.11. The van der Waals surface area contributed by atoms with Gasteiger partial charge in [-0.1, -0.05) is 24.3 Å². The van der Waals surface area contributed by atoms with Crippen molar-refractivity contribution in [3.8, 4) is 5.75 Å². The highest BCUT2D eigenvalue weighted by atomic mass is 16.6. The van der Waals surface area contributed by atoms with E-state index < -0.39 is 11.6 Å². The molecule has 2 heterocycles. The van der Waals surface area contributed by atoms with E-state index in [1.54, 1.807) is 12.1 Å². The van der Waals surface area contributed by atoms with Gasteiger partial charge < -0.3 is 25.2 Å². The molecule has 2 aliphatic rings. The first-order valence-corrected chi connectivity index (χ1v) is 9.49. The molecule has 0 radical (unpaired) electrons. The quantitative estimate of drug-likeness (QED) is 0.701. The van der Waals surface area contributed by atoms with Crippen LogP contribution in [0.25, 0.3) is 0 Å². The molecular formula is C22H24N2O4. The SMILES string of the molecule is CC1(CCc2ccc(O)cc2)CC(O)=C(N2CCNc3ccccc32)C(=O)O1. The molecule has 0 amide bonds. The molecule has 0 fully saturated rings. The molecule has 0 saturated heterocycles. The highest BCUT2D eigenvalue weighted by Crippen LogP contribution is 2.38. The Balaban J connectivity index is 1.54. The first kappa shape index (κ1) is 18.2. The fourth-order valence-corrected chi connectivity index (χ4v) is 3.85. The second-order valence-corrected chi connectivity index (χ2v) is 7.57. The van der Waals surface area contributed by atoms with Gasteiger partial charge in [0.15, 0.2) is 5.70 Å². The maximum Gasteiger partial charge on any atom is 0.359 e. The Bertz CT molecular complexity index is 922. The molecule has 3 N–H and O–H groups in total. The Hall–Kier alpha value is -3.15. The van der Waals surface area contributed by atoms with Crippen molar-refractivity contribution in [2.45, 2.75) is 31.8 Å². The van der Waals surface area contributed by atoms with Crippen LogP contribution >= 0.6 is 0 Å². The molecule has 0 spiro atoms. The number of aromatic hydroxyl groups is 1. The zero-order valence-electron chi connectivity index (χ0n) is 15.8. The number of hydrogen-bond donors (Lipinski definition) is 3.